The Kier molecular flexibility index (Phi) is 3.65. The van der Waals surface area contributed by atoms with Crippen molar-refractivity contribution in [1.29, 1.82) is 0 Å². The van der Waals surface area contributed by atoms with Crippen LogP contribution in [0.1, 0.15) is 12.7 Å². The van der Waals surface area contributed by atoms with Gasteiger partial charge in [0.1, 0.15) is 5.76 Å². The highest BCUT2D eigenvalue weighted by Gasteiger charge is 2.07. The molecule has 2 nitrogen and oxygen atoms in total. The molecule has 0 aliphatic heterocycles. The quantitative estimate of drug-likeness (QED) is 0.874. The van der Waals surface area contributed by atoms with Crippen LogP contribution in [0.25, 0.3) is 11.1 Å². The smallest absolute Gasteiger partial charge is 0.125 e. The second-order valence-electron chi connectivity index (χ2n) is 3.54. The van der Waals surface area contributed by atoms with Crippen LogP contribution in [0.15, 0.2) is 41.0 Å². The molecule has 2 aromatic rings. The second-order valence-corrected chi connectivity index (χ2v) is 3.98. The minimum atomic E-state index is 0.750. The summed E-state index contributed by atoms with van der Waals surface area (Å²) in [6.45, 7) is 3.76. The SMILES string of the molecule is CCNCc1occc1-c1ccc(Cl)cc1. The van der Waals surface area contributed by atoms with Gasteiger partial charge in [-0.3, -0.25) is 0 Å². The van der Waals surface area contributed by atoms with Crippen LogP contribution in [0.2, 0.25) is 5.02 Å². The molecule has 2 rings (SSSR count). The fourth-order valence-corrected chi connectivity index (χ4v) is 1.73. The van der Waals surface area contributed by atoms with E-state index < -0.39 is 0 Å². The second kappa shape index (κ2) is 5.19. The maximum Gasteiger partial charge on any atom is 0.125 e. The maximum atomic E-state index is 5.86. The van der Waals surface area contributed by atoms with Gasteiger partial charge in [0, 0.05) is 10.6 Å². The van der Waals surface area contributed by atoms with Crippen LogP contribution in [-0.2, 0) is 6.54 Å². The molecule has 1 aromatic carbocycles. The van der Waals surface area contributed by atoms with Gasteiger partial charge < -0.3 is 9.73 Å². The first-order valence-electron chi connectivity index (χ1n) is 5.34. The van der Waals surface area contributed by atoms with Crippen LogP contribution in [0.5, 0.6) is 0 Å². The Bertz CT molecular complexity index is 447. The van der Waals surface area contributed by atoms with E-state index in [1.54, 1.807) is 6.26 Å². The predicted molar refractivity (Wildman–Crippen MR) is 66.5 cm³/mol. The third-order valence-corrected chi connectivity index (χ3v) is 2.69. The number of benzene rings is 1. The van der Waals surface area contributed by atoms with E-state index in [4.69, 9.17) is 16.0 Å². The molecule has 0 fully saturated rings. The Morgan fingerprint density at radius 1 is 1.19 bits per heavy atom. The zero-order valence-electron chi connectivity index (χ0n) is 9.16. The zero-order chi connectivity index (χ0) is 11.4. The van der Waals surface area contributed by atoms with Gasteiger partial charge in [0.05, 0.1) is 12.8 Å². The molecule has 16 heavy (non-hydrogen) atoms. The monoisotopic (exact) mass is 235 g/mol. The summed E-state index contributed by atoms with van der Waals surface area (Å²) >= 11 is 5.86. The lowest BCUT2D eigenvalue weighted by Crippen LogP contribution is -2.11. The van der Waals surface area contributed by atoms with Gasteiger partial charge in [0.15, 0.2) is 0 Å². The highest BCUT2D eigenvalue weighted by molar-refractivity contribution is 6.30. The van der Waals surface area contributed by atoms with Crippen molar-refractivity contribution in [1.82, 2.24) is 5.32 Å². The maximum absolute atomic E-state index is 5.86. The van der Waals surface area contributed by atoms with Gasteiger partial charge in [-0.25, -0.2) is 0 Å². The Balaban J connectivity index is 2.26. The van der Waals surface area contributed by atoms with Gasteiger partial charge >= 0.3 is 0 Å². The molecule has 0 radical (unpaired) electrons. The van der Waals surface area contributed by atoms with Gasteiger partial charge in [-0.2, -0.15) is 0 Å². The molecule has 0 aliphatic carbocycles. The summed E-state index contributed by atoms with van der Waals surface area (Å²) in [7, 11) is 0. The van der Waals surface area contributed by atoms with E-state index in [0.29, 0.717) is 0 Å². The topological polar surface area (TPSA) is 25.2 Å². The Labute approximate surface area is 100 Å². The molecule has 0 aliphatic rings. The number of hydrogen-bond donors (Lipinski definition) is 1. The van der Waals surface area contributed by atoms with Gasteiger partial charge in [-0.15, -0.1) is 0 Å². The van der Waals surface area contributed by atoms with E-state index >= 15 is 0 Å². The number of furan rings is 1. The molecular formula is C13H14ClNO. The fraction of sp³-hybridized carbons (Fsp3) is 0.231. The summed E-state index contributed by atoms with van der Waals surface area (Å²) < 4.78 is 5.46. The van der Waals surface area contributed by atoms with E-state index in [0.717, 1.165) is 35.0 Å². The first-order chi connectivity index (χ1) is 7.81. The first kappa shape index (κ1) is 11.2. The fourth-order valence-electron chi connectivity index (χ4n) is 1.60. The lowest BCUT2D eigenvalue weighted by molar-refractivity contribution is 0.489. The predicted octanol–water partition coefficient (Wildman–Crippen LogP) is 3.71. The minimum absolute atomic E-state index is 0.750. The van der Waals surface area contributed by atoms with Crippen molar-refractivity contribution in [2.24, 2.45) is 0 Å². The molecule has 1 aromatic heterocycles. The van der Waals surface area contributed by atoms with E-state index in [9.17, 15) is 0 Å². The molecule has 0 atom stereocenters. The molecule has 84 valence electrons. The van der Waals surface area contributed by atoms with Crippen molar-refractivity contribution in [3.8, 4) is 11.1 Å². The molecule has 0 saturated carbocycles. The summed E-state index contributed by atoms with van der Waals surface area (Å²) in [6, 6.07) is 9.77. The van der Waals surface area contributed by atoms with Crippen LogP contribution in [0, 0.1) is 0 Å². The van der Waals surface area contributed by atoms with E-state index in [1.807, 2.05) is 30.3 Å². The lowest BCUT2D eigenvalue weighted by Gasteiger charge is -2.03. The van der Waals surface area contributed by atoms with Gasteiger partial charge in [-0.1, -0.05) is 30.7 Å². The summed E-state index contributed by atoms with van der Waals surface area (Å²) in [6.07, 6.45) is 1.72. The van der Waals surface area contributed by atoms with Crippen molar-refractivity contribution in [2.45, 2.75) is 13.5 Å². The number of halogens is 1. The molecule has 0 saturated heterocycles. The van der Waals surface area contributed by atoms with Crippen LogP contribution in [0.4, 0.5) is 0 Å². The Morgan fingerprint density at radius 3 is 2.62 bits per heavy atom. The molecule has 0 bridgehead atoms. The van der Waals surface area contributed by atoms with Gasteiger partial charge in [-0.05, 0) is 30.3 Å². The number of rotatable bonds is 4. The normalized spacial score (nSPS) is 10.6. The number of hydrogen-bond acceptors (Lipinski definition) is 2. The Hall–Kier alpha value is -1.25. The minimum Gasteiger partial charge on any atom is -0.467 e. The third kappa shape index (κ3) is 2.46. The van der Waals surface area contributed by atoms with E-state index in [2.05, 4.69) is 12.2 Å². The molecular weight excluding hydrogens is 222 g/mol. The largest absolute Gasteiger partial charge is 0.467 e. The molecule has 0 spiro atoms. The van der Waals surface area contributed by atoms with Crippen LogP contribution < -0.4 is 5.32 Å². The van der Waals surface area contributed by atoms with Crippen LogP contribution in [0.3, 0.4) is 0 Å². The van der Waals surface area contributed by atoms with Crippen molar-refractivity contribution in [2.75, 3.05) is 6.54 Å². The first-order valence-corrected chi connectivity index (χ1v) is 5.72. The van der Waals surface area contributed by atoms with Crippen molar-refractivity contribution >= 4 is 11.6 Å². The molecule has 1 N–H and O–H groups in total. The van der Waals surface area contributed by atoms with Crippen molar-refractivity contribution in [3.63, 3.8) is 0 Å². The zero-order valence-corrected chi connectivity index (χ0v) is 9.92. The standard InChI is InChI=1S/C13H14ClNO/c1-2-15-9-13-12(7-8-16-13)10-3-5-11(14)6-4-10/h3-8,15H,2,9H2,1H3. The number of nitrogens with one attached hydrogen (secondary N) is 1. The highest BCUT2D eigenvalue weighted by Crippen LogP contribution is 2.26. The van der Waals surface area contributed by atoms with E-state index in [1.165, 1.54) is 0 Å². The summed E-state index contributed by atoms with van der Waals surface area (Å²) in [5.74, 6) is 0.962. The lowest BCUT2D eigenvalue weighted by atomic mass is 10.1. The average molecular weight is 236 g/mol. The molecule has 0 unspecified atom stereocenters. The van der Waals surface area contributed by atoms with Crippen molar-refractivity contribution in [3.05, 3.63) is 47.4 Å². The van der Waals surface area contributed by atoms with Gasteiger partial charge in [0.2, 0.25) is 0 Å². The molecule has 0 amide bonds. The molecule has 1 heterocycles. The summed E-state index contributed by atoms with van der Waals surface area (Å²) in [5.41, 5.74) is 2.25. The summed E-state index contributed by atoms with van der Waals surface area (Å²) in [5, 5.41) is 4.00. The average Bonchev–Trinajstić information content (AvgIpc) is 2.75. The highest BCUT2D eigenvalue weighted by atomic mass is 35.5. The van der Waals surface area contributed by atoms with Crippen LogP contribution in [-0.4, -0.2) is 6.54 Å². The van der Waals surface area contributed by atoms with E-state index in [-0.39, 0.29) is 0 Å². The molecule has 3 heteroatoms. The third-order valence-electron chi connectivity index (χ3n) is 2.44. The van der Waals surface area contributed by atoms with Crippen LogP contribution >= 0.6 is 11.6 Å². The van der Waals surface area contributed by atoms with Crippen molar-refractivity contribution < 1.29 is 4.42 Å². The van der Waals surface area contributed by atoms with Gasteiger partial charge in [0.25, 0.3) is 0 Å². The summed E-state index contributed by atoms with van der Waals surface area (Å²) in [4.78, 5) is 0. The Morgan fingerprint density at radius 2 is 1.94 bits per heavy atom.